The topological polar surface area (TPSA) is 112 Å². The van der Waals surface area contributed by atoms with Gasteiger partial charge in [0.25, 0.3) is 0 Å². The Bertz CT molecular complexity index is 529. The molecule has 0 aliphatic rings. The molecule has 0 saturated heterocycles. The molecular formula is C12H10O6. The fourth-order valence-electron chi connectivity index (χ4n) is 1.31. The van der Waals surface area contributed by atoms with Crippen molar-refractivity contribution in [3.8, 4) is 0 Å². The van der Waals surface area contributed by atoms with Gasteiger partial charge in [-0.05, 0) is 17.7 Å². The first-order valence-corrected chi connectivity index (χ1v) is 4.91. The summed E-state index contributed by atoms with van der Waals surface area (Å²) in [6, 6.07) is 3.62. The van der Waals surface area contributed by atoms with Crippen LogP contribution in [0.1, 0.15) is 32.7 Å². The number of rotatable bonds is 5. The normalized spacial score (nSPS) is 10.4. The Morgan fingerprint density at radius 1 is 1.06 bits per heavy atom. The van der Waals surface area contributed by atoms with Crippen LogP contribution >= 0.6 is 0 Å². The van der Waals surface area contributed by atoms with Crippen molar-refractivity contribution in [2.45, 2.75) is 6.42 Å². The van der Waals surface area contributed by atoms with Gasteiger partial charge in [0.2, 0.25) is 0 Å². The van der Waals surface area contributed by atoms with Crippen LogP contribution in [0.25, 0.3) is 6.08 Å². The van der Waals surface area contributed by atoms with Crippen molar-refractivity contribution < 1.29 is 29.7 Å². The molecule has 0 amide bonds. The smallest absolute Gasteiger partial charge is 0.336 e. The summed E-state index contributed by atoms with van der Waals surface area (Å²) in [5, 5.41) is 26.1. The average molecular weight is 250 g/mol. The van der Waals surface area contributed by atoms with Gasteiger partial charge in [-0.1, -0.05) is 18.2 Å². The Hall–Kier alpha value is -2.63. The van der Waals surface area contributed by atoms with E-state index in [1.807, 2.05) is 0 Å². The van der Waals surface area contributed by atoms with E-state index in [9.17, 15) is 14.4 Å². The van der Waals surface area contributed by atoms with Crippen LogP contribution in [0, 0.1) is 0 Å². The van der Waals surface area contributed by atoms with Crippen molar-refractivity contribution >= 4 is 24.0 Å². The van der Waals surface area contributed by atoms with Crippen LogP contribution in [0.15, 0.2) is 24.3 Å². The van der Waals surface area contributed by atoms with Crippen LogP contribution in [-0.2, 0) is 4.79 Å². The number of hydrogen-bond donors (Lipinski definition) is 3. The highest BCUT2D eigenvalue weighted by molar-refractivity contribution is 5.96. The second kappa shape index (κ2) is 5.62. The van der Waals surface area contributed by atoms with Crippen LogP contribution in [0.3, 0.4) is 0 Å². The molecule has 0 aromatic heterocycles. The zero-order chi connectivity index (χ0) is 13.7. The molecule has 0 radical (unpaired) electrons. The highest BCUT2D eigenvalue weighted by atomic mass is 16.4. The number of hydrogen-bond acceptors (Lipinski definition) is 3. The van der Waals surface area contributed by atoms with Gasteiger partial charge in [0, 0.05) is 0 Å². The lowest BCUT2D eigenvalue weighted by Gasteiger charge is -2.02. The largest absolute Gasteiger partial charge is 0.481 e. The van der Waals surface area contributed by atoms with Crippen molar-refractivity contribution in [1.82, 2.24) is 0 Å². The van der Waals surface area contributed by atoms with E-state index in [4.69, 9.17) is 15.3 Å². The molecule has 0 aliphatic heterocycles. The van der Waals surface area contributed by atoms with Crippen molar-refractivity contribution in [2.24, 2.45) is 0 Å². The summed E-state index contributed by atoms with van der Waals surface area (Å²) in [4.78, 5) is 32.0. The highest BCUT2D eigenvalue weighted by Gasteiger charge is 2.12. The Morgan fingerprint density at radius 2 is 1.72 bits per heavy atom. The third-order valence-electron chi connectivity index (χ3n) is 2.12. The van der Waals surface area contributed by atoms with Crippen molar-refractivity contribution in [3.05, 3.63) is 41.0 Å². The van der Waals surface area contributed by atoms with Crippen LogP contribution in [-0.4, -0.2) is 33.2 Å². The first-order chi connectivity index (χ1) is 8.41. The molecule has 3 N–H and O–H groups in total. The predicted molar refractivity (Wildman–Crippen MR) is 61.6 cm³/mol. The highest BCUT2D eigenvalue weighted by Crippen LogP contribution is 2.14. The molecule has 1 aromatic carbocycles. The summed E-state index contributed by atoms with van der Waals surface area (Å²) in [5.41, 5.74) is -0.0620. The maximum atomic E-state index is 11.0. The SMILES string of the molecule is O=C(O)CC=Cc1ccc(C(=O)O)cc1C(=O)O. The summed E-state index contributed by atoms with van der Waals surface area (Å²) in [5.74, 6) is -3.53. The molecule has 0 heterocycles. The lowest BCUT2D eigenvalue weighted by atomic mass is 10.0. The second-order valence-electron chi connectivity index (χ2n) is 3.41. The maximum Gasteiger partial charge on any atom is 0.336 e. The Balaban J connectivity index is 3.12. The molecule has 0 spiro atoms. The Morgan fingerprint density at radius 3 is 2.22 bits per heavy atom. The third-order valence-corrected chi connectivity index (χ3v) is 2.12. The molecule has 0 saturated carbocycles. The number of carbonyl (C=O) groups is 3. The molecule has 0 fully saturated rings. The molecule has 18 heavy (non-hydrogen) atoms. The van der Waals surface area contributed by atoms with Gasteiger partial charge in [-0.25, -0.2) is 9.59 Å². The summed E-state index contributed by atoms with van der Waals surface area (Å²) < 4.78 is 0. The summed E-state index contributed by atoms with van der Waals surface area (Å²) in [6.07, 6.45) is 2.40. The van der Waals surface area contributed by atoms with Gasteiger partial charge in [0.1, 0.15) is 0 Å². The summed E-state index contributed by atoms with van der Waals surface area (Å²) >= 11 is 0. The summed E-state index contributed by atoms with van der Waals surface area (Å²) in [7, 11) is 0. The Labute approximate surface area is 102 Å². The van der Waals surface area contributed by atoms with Gasteiger partial charge in [-0.15, -0.1) is 0 Å². The third kappa shape index (κ3) is 3.44. The molecule has 94 valence electrons. The minimum Gasteiger partial charge on any atom is -0.481 e. The summed E-state index contributed by atoms with van der Waals surface area (Å²) in [6.45, 7) is 0. The molecule has 0 bridgehead atoms. The zero-order valence-corrected chi connectivity index (χ0v) is 9.16. The molecule has 6 nitrogen and oxygen atoms in total. The maximum absolute atomic E-state index is 11.0. The lowest BCUT2D eigenvalue weighted by molar-refractivity contribution is -0.135. The molecule has 1 aromatic rings. The van der Waals surface area contributed by atoms with Gasteiger partial charge in [-0.3, -0.25) is 4.79 Å². The number of benzene rings is 1. The number of carboxylic acids is 3. The minimum atomic E-state index is -1.27. The standard InChI is InChI=1S/C12H10O6/c13-10(14)3-1-2-7-4-5-8(11(15)16)6-9(7)12(17)18/h1-2,4-6H,3H2,(H,13,14)(H,15,16)(H,17,18). The monoisotopic (exact) mass is 250 g/mol. The first-order valence-electron chi connectivity index (χ1n) is 4.91. The number of aromatic carboxylic acids is 2. The van der Waals surface area contributed by atoms with E-state index >= 15 is 0 Å². The van der Waals surface area contributed by atoms with E-state index in [1.54, 1.807) is 0 Å². The fraction of sp³-hybridized carbons (Fsp3) is 0.0833. The molecular weight excluding hydrogens is 240 g/mol. The van der Waals surface area contributed by atoms with E-state index in [1.165, 1.54) is 24.3 Å². The zero-order valence-electron chi connectivity index (χ0n) is 9.16. The van der Waals surface area contributed by atoms with Crippen LogP contribution in [0.4, 0.5) is 0 Å². The molecule has 0 unspecified atom stereocenters. The van der Waals surface area contributed by atoms with Crippen LogP contribution in [0.5, 0.6) is 0 Å². The van der Waals surface area contributed by atoms with Crippen molar-refractivity contribution in [2.75, 3.05) is 0 Å². The van der Waals surface area contributed by atoms with Crippen LogP contribution in [0.2, 0.25) is 0 Å². The minimum absolute atomic E-state index is 0.136. The predicted octanol–water partition coefficient (Wildman–Crippen LogP) is 1.57. The average Bonchev–Trinajstić information content (AvgIpc) is 2.28. The van der Waals surface area contributed by atoms with Gasteiger partial charge < -0.3 is 15.3 Å². The van der Waals surface area contributed by atoms with Gasteiger partial charge >= 0.3 is 17.9 Å². The van der Waals surface area contributed by atoms with E-state index < -0.39 is 17.9 Å². The molecule has 0 atom stereocenters. The fourth-order valence-corrected chi connectivity index (χ4v) is 1.31. The van der Waals surface area contributed by atoms with Crippen molar-refractivity contribution in [3.63, 3.8) is 0 Å². The van der Waals surface area contributed by atoms with E-state index in [-0.39, 0.29) is 23.1 Å². The second-order valence-corrected chi connectivity index (χ2v) is 3.41. The van der Waals surface area contributed by atoms with E-state index in [0.29, 0.717) is 0 Å². The Kier molecular flexibility index (Phi) is 4.20. The number of carboxylic acid groups (broad SMARTS) is 3. The molecule has 1 rings (SSSR count). The van der Waals surface area contributed by atoms with E-state index in [2.05, 4.69) is 0 Å². The van der Waals surface area contributed by atoms with E-state index in [0.717, 1.165) is 6.07 Å². The van der Waals surface area contributed by atoms with Gasteiger partial charge in [0.05, 0.1) is 17.5 Å². The molecule has 6 heteroatoms. The quantitative estimate of drug-likeness (QED) is 0.731. The lowest BCUT2D eigenvalue weighted by Crippen LogP contribution is -2.04. The molecule has 0 aliphatic carbocycles. The van der Waals surface area contributed by atoms with Crippen LogP contribution < -0.4 is 0 Å². The number of aliphatic carboxylic acids is 1. The van der Waals surface area contributed by atoms with Gasteiger partial charge in [0.15, 0.2) is 0 Å². The first kappa shape index (κ1) is 13.4. The van der Waals surface area contributed by atoms with Crippen molar-refractivity contribution in [1.29, 1.82) is 0 Å². The van der Waals surface area contributed by atoms with Gasteiger partial charge in [-0.2, -0.15) is 0 Å².